The van der Waals surface area contributed by atoms with E-state index in [0.29, 0.717) is 11.4 Å². The maximum atomic E-state index is 8.86. The van der Waals surface area contributed by atoms with Crippen LogP contribution in [0.25, 0.3) is 0 Å². The van der Waals surface area contributed by atoms with Gasteiger partial charge < -0.3 is 4.74 Å². The summed E-state index contributed by atoms with van der Waals surface area (Å²) in [5.41, 5.74) is 2.45. The van der Waals surface area contributed by atoms with Crippen molar-refractivity contribution in [1.29, 1.82) is 5.26 Å². The molecule has 0 atom stereocenters. The predicted octanol–water partition coefficient (Wildman–Crippen LogP) is 3.36. The van der Waals surface area contributed by atoms with Crippen LogP contribution in [0.3, 0.4) is 0 Å². The van der Waals surface area contributed by atoms with E-state index >= 15 is 0 Å². The molecule has 1 aromatic heterocycles. The first-order chi connectivity index (χ1) is 8.17. The van der Waals surface area contributed by atoms with Gasteiger partial charge in [-0.15, -0.1) is 0 Å². The number of ether oxygens (including phenoxy) is 1. The van der Waals surface area contributed by atoms with Crippen LogP contribution in [-0.4, -0.2) is 4.98 Å². The molecule has 1 aromatic carbocycles. The Bertz CT molecular complexity index is 585. The fraction of sp³-hybridized carbons (Fsp3) is 0.143. The molecule has 0 saturated heterocycles. The van der Waals surface area contributed by atoms with Crippen molar-refractivity contribution in [3.8, 4) is 17.7 Å². The third-order valence-electron chi connectivity index (χ3n) is 2.27. The van der Waals surface area contributed by atoms with Crippen LogP contribution in [-0.2, 0) is 0 Å². The summed E-state index contributed by atoms with van der Waals surface area (Å²) in [6.07, 6.45) is 0. The van der Waals surface area contributed by atoms with E-state index in [1.54, 1.807) is 12.1 Å². The average molecular weight is 224 g/mol. The molecule has 2 aromatic rings. The van der Waals surface area contributed by atoms with Crippen molar-refractivity contribution in [3.05, 3.63) is 53.2 Å². The Morgan fingerprint density at radius 2 is 2.00 bits per heavy atom. The van der Waals surface area contributed by atoms with Crippen molar-refractivity contribution in [2.45, 2.75) is 13.8 Å². The molecule has 0 aliphatic carbocycles. The molecule has 0 N–H and O–H groups in total. The Morgan fingerprint density at radius 1 is 1.18 bits per heavy atom. The topological polar surface area (TPSA) is 45.9 Å². The van der Waals surface area contributed by atoms with Gasteiger partial charge in [-0.05, 0) is 37.6 Å². The van der Waals surface area contributed by atoms with E-state index in [-0.39, 0.29) is 0 Å². The van der Waals surface area contributed by atoms with E-state index in [0.717, 1.165) is 17.0 Å². The Kier molecular flexibility index (Phi) is 3.06. The lowest BCUT2D eigenvalue weighted by molar-refractivity contribution is 0.461. The Hall–Kier alpha value is -2.34. The molecule has 84 valence electrons. The van der Waals surface area contributed by atoms with Crippen molar-refractivity contribution in [2.75, 3.05) is 0 Å². The van der Waals surface area contributed by atoms with Crippen LogP contribution in [0, 0.1) is 25.2 Å². The summed E-state index contributed by atoms with van der Waals surface area (Å²) in [4.78, 5) is 4.23. The van der Waals surface area contributed by atoms with Crippen LogP contribution < -0.4 is 4.74 Å². The zero-order valence-electron chi connectivity index (χ0n) is 9.77. The maximum absolute atomic E-state index is 8.86. The van der Waals surface area contributed by atoms with Gasteiger partial charge in [0.25, 0.3) is 0 Å². The minimum Gasteiger partial charge on any atom is -0.439 e. The van der Waals surface area contributed by atoms with Gasteiger partial charge in [0.05, 0.1) is 11.6 Å². The third-order valence-corrected chi connectivity index (χ3v) is 2.27. The van der Waals surface area contributed by atoms with E-state index in [2.05, 4.69) is 11.1 Å². The molecule has 0 radical (unpaired) electrons. The maximum Gasteiger partial charge on any atom is 0.220 e. The van der Waals surface area contributed by atoms with Gasteiger partial charge in [-0.1, -0.05) is 12.1 Å². The standard InChI is InChI=1S/C14H12N2O/c1-10-4-3-5-13(6-10)17-14-8-12(9-15)7-11(2)16-14/h3-8H,1-2H3. The van der Waals surface area contributed by atoms with E-state index in [4.69, 9.17) is 10.00 Å². The Morgan fingerprint density at radius 3 is 2.71 bits per heavy atom. The molecule has 17 heavy (non-hydrogen) atoms. The fourth-order valence-corrected chi connectivity index (χ4v) is 1.55. The van der Waals surface area contributed by atoms with Crippen LogP contribution in [0.4, 0.5) is 0 Å². The number of pyridine rings is 1. The minimum atomic E-state index is 0.451. The zero-order valence-corrected chi connectivity index (χ0v) is 9.77. The minimum absolute atomic E-state index is 0.451. The summed E-state index contributed by atoms with van der Waals surface area (Å²) < 4.78 is 5.62. The molecule has 2 rings (SSSR count). The summed E-state index contributed by atoms with van der Waals surface area (Å²) in [6, 6.07) is 13.2. The largest absolute Gasteiger partial charge is 0.439 e. The molecule has 0 aliphatic heterocycles. The highest BCUT2D eigenvalue weighted by Gasteiger charge is 2.02. The number of rotatable bonds is 2. The van der Waals surface area contributed by atoms with Gasteiger partial charge in [0.1, 0.15) is 5.75 Å². The number of nitrogens with zero attached hydrogens (tertiary/aromatic N) is 2. The molecule has 0 unspecified atom stereocenters. The number of nitriles is 1. The van der Waals surface area contributed by atoms with Gasteiger partial charge >= 0.3 is 0 Å². The molecule has 0 bridgehead atoms. The SMILES string of the molecule is Cc1cccc(Oc2cc(C#N)cc(C)n2)c1. The summed E-state index contributed by atoms with van der Waals surface area (Å²) in [5, 5.41) is 8.86. The van der Waals surface area contributed by atoms with Crippen molar-refractivity contribution < 1.29 is 4.74 Å². The zero-order chi connectivity index (χ0) is 12.3. The van der Waals surface area contributed by atoms with Crippen molar-refractivity contribution in [2.24, 2.45) is 0 Å². The first-order valence-corrected chi connectivity index (χ1v) is 5.31. The van der Waals surface area contributed by atoms with Crippen LogP contribution in [0.15, 0.2) is 36.4 Å². The van der Waals surface area contributed by atoms with E-state index in [1.165, 1.54) is 0 Å². The van der Waals surface area contributed by atoms with Crippen LogP contribution >= 0.6 is 0 Å². The molecule has 0 saturated carbocycles. The van der Waals surface area contributed by atoms with Crippen LogP contribution in [0.1, 0.15) is 16.8 Å². The van der Waals surface area contributed by atoms with Gasteiger partial charge in [0, 0.05) is 11.8 Å². The Labute approximate surface area is 100 Å². The lowest BCUT2D eigenvalue weighted by atomic mass is 10.2. The van der Waals surface area contributed by atoms with Crippen LogP contribution in [0.2, 0.25) is 0 Å². The number of hydrogen-bond acceptors (Lipinski definition) is 3. The first kappa shape index (κ1) is 11.2. The molecule has 0 spiro atoms. The normalized spacial score (nSPS) is 9.71. The van der Waals surface area contributed by atoms with Gasteiger partial charge in [-0.3, -0.25) is 0 Å². The van der Waals surface area contributed by atoms with E-state index in [9.17, 15) is 0 Å². The Balaban J connectivity index is 2.30. The summed E-state index contributed by atoms with van der Waals surface area (Å²) in [6.45, 7) is 3.83. The molecule has 3 heteroatoms. The molecule has 0 aliphatic rings. The van der Waals surface area contributed by atoms with Crippen molar-refractivity contribution >= 4 is 0 Å². The summed E-state index contributed by atoms with van der Waals surface area (Å²) in [7, 11) is 0. The molecule has 0 amide bonds. The summed E-state index contributed by atoms with van der Waals surface area (Å²) in [5.74, 6) is 1.18. The quantitative estimate of drug-likeness (QED) is 0.785. The van der Waals surface area contributed by atoms with E-state index in [1.807, 2.05) is 38.1 Å². The molecular formula is C14H12N2O. The highest BCUT2D eigenvalue weighted by molar-refractivity contribution is 5.37. The van der Waals surface area contributed by atoms with Gasteiger partial charge in [-0.25, -0.2) is 4.98 Å². The smallest absolute Gasteiger partial charge is 0.220 e. The lowest BCUT2D eigenvalue weighted by Gasteiger charge is -2.06. The van der Waals surface area contributed by atoms with Crippen LogP contribution in [0.5, 0.6) is 11.6 Å². The second kappa shape index (κ2) is 4.67. The molecule has 0 fully saturated rings. The number of aromatic nitrogens is 1. The predicted molar refractivity (Wildman–Crippen MR) is 64.9 cm³/mol. The monoisotopic (exact) mass is 224 g/mol. The van der Waals surface area contributed by atoms with Gasteiger partial charge in [-0.2, -0.15) is 5.26 Å². The first-order valence-electron chi connectivity index (χ1n) is 5.31. The molecule has 3 nitrogen and oxygen atoms in total. The number of benzene rings is 1. The molecule has 1 heterocycles. The number of hydrogen-bond donors (Lipinski definition) is 0. The number of aryl methyl sites for hydroxylation is 2. The highest BCUT2D eigenvalue weighted by atomic mass is 16.5. The van der Waals surface area contributed by atoms with E-state index < -0.39 is 0 Å². The fourth-order valence-electron chi connectivity index (χ4n) is 1.55. The van der Waals surface area contributed by atoms with Crippen molar-refractivity contribution in [3.63, 3.8) is 0 Å². The second-order valence-corrected chi connectivity index (χ2v) is 3.87. The second-order valence-electron chi connectivity index (χ2n) is 3.87. The van der Waals surface area contributed by atoms with Gasteiger partial charge in [0.15, 0.2) is 0 Å². The lowest BCUT2D eigenvalue weighted by Crippen LogP contribution is -1.91. The third kappa shape index (κ3) is 2.82. The molecular weight excluding hydrogens is 212 g/mol. The van der Waals surface area contributed by atoms with Gasteiger partial charge in [0.2, 0.25) is 5.88 Å². The summed E-state index contributed by atoms with van der Waals surface area (Å²) >= 11 is 0. The average Bonchev–Trinajstić information content (AvgIpc) is 2.28. The highest BCUT2D eigenvalue weighted by Crippen LogP contribution is 2.21. The van der Waals surface area contributed by atoms with Crippen molar-refractivity contribution in [1.82, 2.24) is 4.98 Å².